The molecule has 1 aromatic rings. The van der Waals surface area contributed by atoms with E-state index < -0.39 is 8.07 Å². The first-order valence-electron chi connectivity index (χ1n) is 6.66. The van der Waals surface area contributed by atoms with Gasteiger partial charge in [-0.15, -0.1) is 5.54 Å². The van der Waals surface area contributed by atoms with E-state index in [1.807, 2.05) is 7.11 Å². The van der Waals surface area contributed by atoms with E-state index in [9.17, 15) is 0 Å². The summed E-state index contributed by atoms with van der Waals surface area (Å²) < 4.78 is 5.45. The SMILES string of the molecule is COC1CCc2cc(C#C[Si](C)(C)C)ccc2C1. The number of hydrogen-bond acceptors (Lipinski definition) is 1. The molecule has 1 aliphatic carbocycles. The van der Waals surface area contributed by atoms with Crippen molar-refractivity contribution in [2.75, 3.05) is 7.11 Å². The van der Waals surface area contributed by atoms with Crippen molar-refractivity contribution < 1.29 is 4.74 Å². The third kappa shape index (κ3) is 3.47. The molecular weight excluding hydrogens is 236 g/mol. The Morgan fingerprint density at radius 2 is 2.00 bits per heavy atom. The van der Waals surface area contributed by atoms with Gasteiger partial charge in [-0.05, 0) is 42.5 Å². The number of ether oxygens (including phenoxy) is 1. The highest BCUT2D eigenvalue weighted by molar-refractivity contribution is 6.83. The molecule has 0 saturated carbocycles. The Kier molecular flexibility index (Phi) is 3.94. The molecule has 96 valence electrons. The van der Waals surface area contributed by atoms with Crippen molar-refractivity contribution in [3.8, 4) is 11.5 Å². The molecular formula is C16H22OSi. The van der Waals surface area contributed by atoms with Gasteiger partial charge in [0.05, 0.1) is 6.10 Å². The second-order valence-electron chi connectivity index (χ2n) is 6.08. The van der Waals surface area contributed by atoms with Crippen LogP contribution in [0.3, 0.4) is 0 Å². The molecule has 0 heterocycles. The molecule has 0 spiro atoms. The smallest absolute Gasteiger partial charge is 0.129 e. The summed E-state index contributed by atoms with van der Waals surface area (Å²) in [5.74, 6) is 3.34. The number of aryl methyl sites for hydroxylation is 1. The van der Waals surface area contributed by atoms with E-state index in [-0.39, 0.29) is 0 Å². The maximum absolute atomic E-state index is 5.45. The standard InChI is InChI=1S/C16H22OSi/c1-17-16-8-7-14-11-13(5-6-15(14)12-16)9-10-18(2,3)4/h5-6,11,16H,7-8,12H2,1-4H3. The molecule has 1 unspecified atom stereocenters. The highest BCUT2D eigenvalue weighted by Crippen LogP contribution is 2.23. The minimum absolute atomic E-state index is 0.399. The summed E-state index contributed by atoms with van der Waals surface area (Å²) in [7, 11) is 0.536. The summed E-state index contributed by atoms with van der Waals surface area (Å²) in [5.41, 5.74) is 7.50. The van der Waals surface area contributed by atoms with Crippen molar-refractivity contribution in [2.24, 2.45) is 0 Å². The predicted octanol–water partition coefficient (Wildman–Crippen LogP) is 3.42. The maximum atomic E-state index is 5.45. The fourth-order valence-corrected chi connectivity index (χ4v) is 2.78. The second-order valence-corrected chi connectivity index (χ2v) is 10.8. The van der Waals surface area contributed by atoms with Crippen LogP contribution in [0.1, 0.15) is 23.1 Å². The van der Waals surface area contributed by atoms with Crippen molar-refractivity contribution in [2.45, 2.75) is 45.0 Å². The molecule has 2 rings (SSSR count). The van der Waals surface area contributed by atoms with Gasteiger partial charge >= 0.3 is 0 Å². The Morgan fingerprint density at radius 3 is 2.67 bits per heavy atom. The summed E-state index contributed by atoms with van der Waals surface area (Å²) in [6.45, 7) is 6.84. The predicted molar refractivity (Wildman–Crippen MR) is 79.5 cm³/mol. The first kappa shape index (κ1) is 13.4. The normalized spacial score (nSPS) is 18.8. The lowest BCUT2D eigenvalue weighted by molar-refractivity contribution is 0.0911. The molecule has 0 fully saturated rings. The molecule has 1 nitrogen and oxygen atoms in total. The van der Waals surface area contributed by atoms with E-state index in [1.165, 1.54) is 16.7 Å². The van der Waals surface area contributed by atoms with Crippen LogP contribution in [0, 0.1) is 11.5 Å². The third-order valence-electron chi connectivity index (χ3n) is 3.30. The lowest BCUT2D eigenvalue weighted by atomic mass is 9.88. The Bertz CT molecular complexity index is 488. The topological polar surface area (TPSA) is 9.23 Å². The second kappa shape index (κ2) is 5.30. The summed E-state index contributed by atoms with van der Waals surface area (Å²) in [4.78, 5) is 0. The van der Waals surface area contributed by atoms with Gasteiger partial charge in [0.2, 0.25) is 0 Å². The summed E-state index contributed by atoms with van der Waals surface area (Å²) >= 11 is 0. The fraction of sp³-hybridized carbons (Fsp3) is 0.500. The Balaban J connectivity index is 2.21. The minimum Gasteiger partial charge on any atom is -0.381 e. The van der Waals surface area contributed by atoms with Gasteiger partial charge < -0.3 is 4.74 Å². The van der Waals surface area contributed by atoms with Crippen LogP contribution >= 0.6 is 0 Å². The average Bonchev–Trinajstić information content (AvgIpc) is 2.34. The number of methoxy groups -OCH3 is 1. The molecule has 0 saturated heterocycles. The number of fused-ring (bicyclic) bond motifs is 1. The molecule has 1 aliphatic rings. The van der Waals surface area contributed by atoms with Gasteiger partial charge in [0.15, 0.2) is 0 Å². The minimum atomic E-state index is -1.27. The summed E-state index contributed by atoms with van der Waals surface area (Å²) in [6, 6.07) is 6.66. The molecule has 18 heavy (non-hydrogen) atoms. The van der Waals surface area contributed by atoms with Crippen LogP contribution in [0.2, 0.25) is 19.6 Å². The molecule has 1 aromatic carbocycles. The van der Waals surface area contributed by atoms with Crippen molar-refractivity contribution in [3.05, 3.63) is 34.9 Å². The van der Waals surface area contributed by atoms with Crippen molar-refractivity contribution in [1.29, 1.82) is 0 Å². The van der Waals surface area contributed by atoms with Crippen LogP contribution in [0.4, 0.5) is 0 Å². The average molecular weight is 258 g/mol. The number of hydrogen-bond donors (Lipinski definition) is 0. The monoisotopic (exact) mass is 258 g/mol. The van der Waals surface area contributed by atoms with Gasteiger partial charge in [-0.25, -0.2) is 0 Å². The van der Waals surface area contributed by atoms with E-state index in [0.29, 0.717) is 6.10 Å². The Labute approximate surface area is 112 Å². The number of rotatable bonds is 1. The van der Waals surface area contributed by atoms with Crippen molar-refractivity contribution in [1.82, 2.24) is 0 Å². The molecule has 2 heteroatoms. The molecule has 0 aliphatic heterocycles. The van der Waals surface area contributed by atoms with Gasteiger partial charge in [-0.1, -0.05) is 31.6 Å². The summed E-state index contributed by atoms with van der Waals surface area (Å²) in [6.07, 6.45) is 3.70. The van der Waals surface area contributed by atoms with Gasteiger partial charge in [-0.2, -0.15) is 0 Å². The Hall–Kier alpha value is -1.04. The van der Waals surface area contributed by atoms with E-state index in [2.05, 4.69) is 49.3 Å². The zero-order chi connectivity index (χ0) is 13.2. The highest BCUT2D eigenvalue weighted by atomic mass is 28.3. The third-order valence-corrected chi connectivity index (χ3v) is 4.18. The summed E-state index contributed by atoms with van der Waals surface area (Å²) in [5, 5.41) is 0. The first-order valence-corrected chi connectivity index (χ1v) is 10.2. The molecule has 0 aromatic heterocycles. The molecule has 0 amide bonds. The highest BCUT2D eigenvalue weighted by Gasteiger charge is 2.18. The van der Waals surface area contributed by atoms with Gasteiger partial charge in [0.1, 0.15) is 8.07 Å². The maximum Gasteiger partial charge on any atom is 0.129 e. The zero-order valence-corrected chi connectivity index (χ0v) is 12.8. The van der Waals surface area contributed by atoms with E-state index in [4.69, 9.17) is 4.74 Å². The van der Waals surface area contributed by atoms with Crippen LogP contribution in [0.15, 0.2) is 18.2 Å². The Morgan fingerprint density at radius 1 is 1.22 bits per heavy atom. The van der Waals surface area contributed by atoms with E-state index in [0.717, 1.165) is 19.3 Å². The molecule has 0 radical (unpaired) electrons. The quantitative estimate of drug-likeness (QED) is 0.554. The van der Waals surface area contributed by atoms with Crippen LogP contribution in [0.25, 0.3) is 0 Å². The molecule has 0 bridgehead atoms. The van der Waals surface area contributed by atoms with Crippen LogP contribution in [-0.4, -0.2) is 21.3 Å². The molecule has 0 N–H and O–H groups in total. The van der Waals surface area contributed by atoms with Gasteiger partial charge in [0, 0.05) is 12.7 Å². The number of benzene rings is 1. The van der Waals surface area contributed by atoms with E-state index >= 15 is 0 Å². The molecule has 1 atom stereocenters. The van der Waals surface area contributed by atoms with Crippen molar-refractivity contribution >= 4 is 8.07 Å². The van der Waals surface area contributed by atoms with Crippen LogP contribution in [0.5, 0.6) is 0 Å². The van der Waals surface area contributed by atoms with Crippen LogP contribution < -0.4 is 0 Å². The first-order chi connectivity index (χ1) is 8.48. The van der Waals surface area contributed by atoms with E-state index in [1.54, 1.807) is 0 Å². The lowest BCUT2D eigenvalue weighted by Crippen LogP contribution is -2.21. The largest absolute Gasteiger partial charge is 0.381 e. The lowest BCUT2D eigenvalue weighted by Gasteiger charge is -2.23. The van der Waals surface area contributed by atoms with Crippen LogP contribution in [-0.2, 0) is 17.6 Å². The fourth-order valence-electron chi connectivity index (χ4n) is 2.26. The van der Waals surface area contributed by atoms with Crippen molar-refractivity contribution in [3.63, 3.8) is 0 Å². The van der Waals surface area contributed by atoms with Gasteiger partial charge in [-0.3, -0.25) is 0 Å². The van der Waals surface area contributed by atoms with Gasteiger partial charge in [0.25, 0.3) is 0 Å². The zero-order valence-electron chi connectivity index (χ0n) is 11.8.